The Morgan fingerprint density at radius 2 is 1.79 bits per heavy atom. The smallest absolute Gasteiger partial charge is 0.191 e. The van der Waals surface area contributed by atoms with Crippen LogP contribution in [0.1, 0.15) is 31.2 Å². The van der Waals surface area contributed by atoms with Crippen LogP contribution in [-0.2, 0) is 5.75 Å². The third-order valence-electron chi connectivity index (χ3n) is 5.53. The van der Waals surface area contributed by atoms with Gasteiger partial charge in [-0.2, -0.15) is 0 Å². The summed E-state index contributed by atoms with van der Waals surface area (Å²) in [6.07, 6.45) is 3.24. The molecule has 5 rings (SSSR count). The zero-order valence-electron chi connectivity index (χ0n) is 18.0. The second kappa shape index (κ2) is 9.94. The monoisotopic (exact) mass is 479 g/mol. The van der Waals surface area contributed by atoms with Gasteiger partial charge in [0.25, 0.3) is 0 Å². The van der Waals surface area contributed by atoms with E-state index in [9.17, 15) is 5.11 Å². The van der Waals surface area contributed by atoms with Gasteiger partial charge in [0.1, 0.15) is 16.2 Å². The second-order valence-electron chi connectivity index (χ2n) is 8.06. The Morgan fingerprint density at radius 1 is 1.00 bits per heavy atom. The van der Waals surface area contributed by atoms with Crippen LogP contribution in [0.4, 0.5) is 10.9 Å². The zero-order valence-corrected chi connectivity index (χ0v) is 19.6. The first-order valence-corrected chi connectivity index (χ1v) is 12.8. The quantitative estimate of drug-likeness (QED) is 0.237. The van der Waals surface area contributed by atoms with Gasteiger partial charge in [-0.25, -0.2) is 15.0 Å². The van der Waals surface area contributed by atoms with Gasteiger partial charge < -0.3 is 20.9 Å². The van der Waals surface area contributed by atoms with E-state index in [-0.39, 0.29) is 12.1 Å². The molecule has 4 N–H and O–H groups in total. The van der Waals surface area contributed by atoms with Gasteiger partial charge in [-0.3, -0.25) is 0 Å². The number of aromatic nitrogens is 3. The number of aliphatic hydroxyl groups excluding tert-OH is 1. The van der Waals surface area contributed by atoms with E-state index in [1.165, 1.54) is 11.3 Å². The summed E-state index contributed by atoms with van der Waals surface area (Å²) in [4.78, 5) is 13.8. The van der Waals surface area contributed by atoms with Gasteiger partial charge in [-0.05, 0) is 55.5 Å². The summed E-state index contributed by atoms with van der Waals surface area (Å²) in [6.45, 7) is 0. The number of para-hydroxylation sites is 1. The van der Waals surface area contributed by atoms with Crippen LogP contribution in [0.15, 0.2) is 59.8 Å². The predicted molar refractivity (Wildman–Crippen MR) is 134 cm³/mol. The number of benzene rings is 2. The first-order valence-electron chi connectivity index (χ1n) is 11.0. The maximum atomic E-state index is 9.80. The highest BCUT2D eigenvalue weighted by molar-refractivity contribution is 7.98. The molecule has 1 fully saturated rings. The van der Waals surface area contributed by atoms with Crippen molar-refractivity contribution in [1.82, 2.24) is 15.0 Å². The van der Waals surface area contributed by atoms with Gasteiger partial charge in [-0.15, -0.1) is 0 Å². The fourth-order valence-electron chi connectivity index (χ4n) is 3.87. The van der Waals surface area contributed by atoms with Crippen molar-refractivity contribution in [2.45, 2.75) is 48.7 Å². The van der Waals surface area contributed by atoms with E-state index in [1.54, 1.807) is 11.8 Å². The molecular weight excluding hydrogens is 454 g/mol. The predicted octanol–water partition coefficient (Wildman–Crippen LogP) is 5.47. The molecule has 4 aromatic rings. The fraction of sp³-hybridized carbons (Fsp3) is 0.292. The minimum Gasteiger partial charge on any atom is -0.457 e. The third-order valence-corrected chi connectivity index (χ3v) is 7.33. The van der Waals surface area contributed by atoms with Crippen LogP contribution in [0.3, 0.4) is 0 Å². The molecule has 0 atom stereocenters. The van der Waals surface area contributed by atoms with Crippen LogP contribution in [0.5, 0.6) is 11.5 Å². The Labute approximate surface area is 200 Å². The molecule has 0 radical (unpaired) electrons. The summed E-state index contributed by atoms with van der Waals surface area (Å²) in [5.41, 5.74) is 7.70. The SMILES string of the molecule is Nc1nc2nc(SCc3cccc(Oc4ccccc4)c3)nc(NC3CCC(O)CC3)c2s1. The van der Waals surface area contributed by atoms with E-state index in [1.807, 2.05) is 48.5 Å². The average Bonchev–Trinajstić information content (AvgIpc) is 3.21. The number of hydrogen-bond donors (Lipinski definition) is 3. The van der Waals surface area contributed by atoms with Crippen molar-refractivity contribution >= 4 is 44.4 Å². The fourth-order valence-corrected chi connectivity index (χ4v) is 5.37. The number of aliphatic hydroxyl groups is 1. The van der Waals surface area contributed by atoms with E-state index < -0.39 is 0 Å². The van der Waals surface area contributed by atoms with Crippen molar-refractivity contribution in [2.24, 2.45) is 0 Å². The highest BCUT2D eigenvalue weighted by atomic mass is 32.2. The van der Waals surface area contributed by atoms with Crippen molar-refractivity contribution in [3.8, 4) is 11.5 Å². The average molecular weight is 480 g/mol. The van der Waals surface area contributed by atoms with Crippen molar-refractivity contribution in [2.75, 3.05) is 11.1 Å². The first-order chi connectivity index (χ1) is 16.1. The van der Waals surface area contributed by atoms with Crippen LogP contribution < -0.4 is 15.8 Å². The Bertz CT molecular complexity index is 1230. The summed E-state index contributed by atoms with van der Waals surface area (Å²) < 4.78 is 6.83. The number of rotatable bonds is 7. The molecule has 170 valence electrons. The molecular formula is C24H25N5O2S2. The lowest BCUT2D eigenvalue weighted by atomic mass is 9.93. The number of nitrogens with zero attached hydrogens (tertiary/aromatic N) is 3. The minimum absolute atomic E-state index is 0.194. The molecule has 1 aliphatic carbocycles. The highest BCUT2D eigenvalue weighted by Gasteiger charge is 2.22. The molecule has 0 spiro atoms. The van der Waals surface area contributed by atoms with Crippen LogP contribution in [0, 0.1) is 0 Å². The Balaban J connectivity index is 1.31. The van der Waals surface area contributed by atoms with Gasteiger partial charge in [-0.1, -0.05) is 53.4 Å². The number of nitrogen functional groups attached to an aromatic ring is 1. The molecule has 2 aromatic carbocycles. The number of nitrogens with two attached hydrogens (primary N) is 1. The standard InChI is InChI=1S/C24H25N5O2S2/c25-23-27-22-20(33-23)21(26-16-9-11-17(30)12-10-16)28-24(29-22)32-14-15-5-4-8-19(13-15)31-18-6-2-1-3-7-18/h1-8,13,16-17,30H,9-12,14H2,(H3,25,26,27,28,29). The summed E-state index contributed by atoms with van der Waals surface area (Å²) in [6, 6.07) is 18.1. The number of thioether (sulfide) groups is 1. The van der Waals surface area contributed by atoms with E-state index >= 15 is 0 Å². The molecule has 33 heavy (non-hydrogen) atoms. The summed E-state index contributed by atoms with van der Waals surface area (Å²) >= 11 is 2.95. The van der Waals surface area contributed by atoms with E-state index in [0.29, 0.717) is 21.7 Å². The lowest BCUT2D eigenvalue weighted by Gasteiger charge is -2.26. The van der Waals surface area contributed by atoms with E-state index in [2.05, 4.69) is 21.4 Å². The van der Waals surface area contributed by atoms with Crippen LogP contribution in [0.2, 0.25) is 0 Å². The number of ether oxygens (including phenoxy) is 1. The molecule has 2 heterocycles. The summed E-state index contributed by atoms with van der Waals surface area (Å²) in [5, 5.41) is 14.5. The number of hydrogen-bond acceptors (Lipinski definition) is 9. The van der Waals surface area contributed by atoms with Gasteiger partial charge in [0.05, 0.1) is 6.10 Å². The number of nitrogens with one attached hydrogen (secondary N) is 1. The molecule has 0 bridgehead atoms. The number of fused-ring (bicyclic) bond motifs is 1. The van der Waals surface area contributed by atoms with E-state index in [0.717, 1.165) is 53.3 Å². The number of anilines is 2. The van der Waals surface area contributed by atoms with Crippen LogP contribution in [0.25, 0.3) is 10.3 Å². The summed E-state index contributed by atoms with van der Waals surface area (Å²) in [7, 11) is 0. The lowest BCUT2D eigenvalue weighted by Crippen LogP contribution is -2.28. The van der Waals surface area contributed by atoms with Crippen LogP contribution >= 0.6 is 23.1 Å². The minimum atomic E-state index is -0.194. The molecule has 2 aromatic heterocycles. The Kier molecular flexibility index (Phi) is 6.61. The van der Waals surface area contributed by atoms with Gasteiger partial charge in [0.15, 0.2) is 21.8 Å². The van der Waals surface area contributed by atoms with E-state index in [4.69, 9.17) is 15.5 Å². The zero-order chi connectivity index (χ0) is 22.6. The molecule has 7 nitrogen and oxygen atoms in total. The van der Waals surface area contributed by atoms with Crippen molar-refractivity contribution < 1.29 is 9.84 Å². The van der Waals surface area contributed by atoms with Crippen molar-refractivity contribution in [3.05, 3.63) is 60.2 Å². The molecule has 1 aliphatic rings. The van der Waals surface area contributed by atoms with Gasteiger partial charge >= 0.3 is 0 Å². The van der Waals surface area contributed by atoms with Crippen molar-refractivity contribution in [1.29, 1.82) is 0 Å². The molecule has 0 amide bonds. The maximum absolute atomic E-state index is 9.80. The largest absolute Gasteiger partial charge is 0.457 e. The topological polar surface area (TPSA) is 106 Å². The van der Waals surface area contributed by atoms with Gasteiger partial charge in [0.2, 0.25) is 0 Å². The third kappa shape index (κ3) is 5.55. The molecule has 1 saturated carbocycles. The first kappa shape index (κ1) is 21.9. The Hall–Kier alpha value is -2.88. The number of thiazole rings is 1. The second-order valence-corrected chi connectivity index (χ2v) is 10.0. The lowest BCUT2D eigenvalue weighted by molar-refractivity contribution is 0.126. The highest BCUT2D eigenvalue weighted by Crippen LogP contribution is 2.33. The maximum Gasteiger partial charge on any atom is 0.191 e. The van der Waals surface area contributed by atoms with Crippen molar-refractivity contribution in [3.63, 3.8) is 0 Å². The summed E-state index contributed by atoms with van der Waals surface area (Å²) in [5.74, 6) is 3.08. The molecule has 0 unspecified atom stereocenters. The molecule has 0 aliphatic heterocycles. The molecule has 9 heteroatoms. The Morgan fingerprint density at radius 3 is 2.61 bits per heavy atom. The molecule has 0 saturated heterocycles. The normalized spacial score (nSPS) is 18.3. The van der Waals surface area contributed by atoms with Crippen LogP contribution in [-0.4, -0.2) is 32.2 Å². The van der Waals surface area contributed by atoms with Gasteiger partial charge in [0, 0.05) is 11.8 Å².